The number of urea groups is 1. The number of benzene rings is 2. The highest BCUT2D eigenvalue weighted by atomic mass is 16.5. The van der Waals surface area contributed by atoms with Crippen molar-refractivity contribution in [3.8, 4) is 5.75 Å². The summed E-state index contributed by atoms with van der Waals surface area (Å²) in [6.07, 6.45) is 0. The lowest BCUT2D eigenvalue weighted by Gasteiger charge is -2.14. The van der Waals surface area contributed by atoms with Gasteiger partial charge in [-0.1, -0.05) is 30.3 Å². The molecule has 0 aliphatic carbocycles. The number of rotatable bonds is 4. The number of anilines is 2. The van der Waals surface area contributed by atoms with Crippen LogP contribution in [0.4, 0.5) is 16.2 Å². The van der Waals surface area contributed by atoms with E-state index in [0.717, 1.165) is 16.8 Å². The molecule has 110 valence electrons. The quantitative estimate of drug-likeness (QED) is 0.877. The molecule has 0 bridgehead atoms. The lowest BCUT2D eigenvalue weighted by Crippen LogP contribution is -2.21. The minimum absolute atomic E-state index is 0.278. The monoisotopic (exact) mass is 284 g/mol. The van der Waals surface area contributed by atoms with Gasteiger partial charge in [-0.05, 0) is 44.0 Å². The summed E-state index contributed by atoms with van der Waals surface area (Å²) in [5.74, 6) is 0.664. The number of nitrogens with one attached hydrogen (secondary N) is 2. The zero-order valence-corrected chi connectivity index (χ0v) is 12.6. The molecular formula is C17H20N2O2. The summed E-state index contributed by atoms with van der Waals surface area (Å²) < 4.78 is 5.49. The molecule has 0 unspecified atom stereocenters. The van der Waals surface area contributed by atoms with E-state index in [1.54, 1.807) is 0 Å². The highest BCUT2D eigenvalue weighted by Gasteiger charge is 2.09. The molecule has 2 amide bonds. The fourth-order valence-electron chi connectivity index (χ4n) is 2.13. The van der Waals surface area contributed by atoms with Gasteiger partial charge in [0, 0.05) is 5.69 Å². The molecule has 0 aliphatic heterocycles. The van der Waals surface area contributed by atoms with Crippen LogP contribution < -0.4 is 15.4 Å². The van der Waals surface area contributed by atoms with Gasteiger partial charge < -0.3 is 15.4 Å². The van der Waals surface area contributed by atoms with Crippen LogP contribution in [-0.2, 0) is 0 Å². The van der Waals surface area contributed by atoms with Crippen molar-refractivity contribution >= 4 is 17.4 Å². The third kappa shape index (κ3) is 3.75. The van der Waals surface area contributed by atoms with E-state index >= 15 is 0 Å². The Morgan fingerprint density at radius 1 is 1.00 bits per heavy atom. The van der Waals surface area contributed by atoms with Crippen molar-refractivity contribution in [1.29, 1.82) is 0 Å². The molecular weight excluding hydrogens is 264 g/mol. The number of hydrogen-bond acceptors (Lipinski definition) is 2. The summed E-state index contributed by atoms with van der Waals surface area (Å²) in [5.41, 5.74) is 3.55. The molecule has 21 heavy (non-hydrogen) atoms. The maximum atomic E-state index is 12.2. The predicted molar refractivity (Wildman–Crippen MR) is 86.2 cm³/mol. The molecule has 2 aromatic rings. The van der Waals surface area contributed by atoms with E-state index in [2.05, 4.69) is 10.6 Å². The van der Waals surface area contributed by atoms with Crippen LogP contribution in [0.5, 0.6) is 5.75 Å². The standard InChI is InChI=1S/C17H20N2O2/c1-4-21-15-11-6-5-10-14(15)18-17(20)19-16-12(2)8-7-9-13(16)3/h5-11H,4H2,1-3H3,(H2,18,19,20). The van der Waals surface area contributed by atoms with Crippen LogP contribution >= 0.6 is 0 Å². The van der Waals surface area contributed by atoms with E-state index < -0.39 is 0 Å². The molecule has 2 N–H and O–H groups in total. The molecule has 0 heterocycles. The van der Waals surface area contributed by atoms with Gasteiger partial charge in [0.1, 0.15) is 5.75 Å². The van der Waals surface area contributed by atoms with Crippen molar-refractivity contribution in [2.45, 2.75) is 20.8 Å². The van der Waals surface area contributed by atoms with E-state index in [1.165, 1.54) is 0 Å². The topological polar surface area (TPSA) is 50.4 Å². The zero-order chi connectivity index (χ0) is 15.2. The number of aryl methyl sites for hydroxylation is 2. The van der Waals surface area contributed by atoms with E-state index in [-0.39, 0.29) is 6.03 Å². The van der Waals surface area contributed by atoms with Gasteiger partial charge in [-0.25, -0.2) is 4.79 Å². The molecule has 2 rings (SSSR count). The molecule has 0 atom stereocenters. The summed E-state index contributed by atoms with van der Waals surface area (Å²) in [6.45, 7) is 6.40. The number of carbonyl (C=O) groups excluding carboxylic acids is 1. The largest absolute Gasteiger partial charge is 0.492 e. The first-order chi connectivity index (χ1) is 10.1. The second kappa shape index (κ2) is 6.79. The molecule has 4 nitrogen and oxygen atoms in total. The Bertz CT molecular complexity index is 618. The van der Waals surface area contributed by atoms with Crippen LogP contribution in [0.15, 0.2) is 42.5 Å². The van der Waals surface area contributed by atoms with E-state index in [9.17, 15) is 4.79 Å². The van der Waals surface area contributed by atoms with Gasteiger partial charge in [0.25, 0.3) is 0 Å². The lowest BCUT2D eigenvalue weighted by molar-refractivity contribution is 0.262. The normalized spacial score (nSPS) is 10.0. The Morgan fingerprint density at radius 2 is 1.67 bits per heavy atom. The van der Waals surface area contributed by atoms with E-state index in [0.29, 0.717) is 18.0 Å². The fraction of sp³-hybridized carbons (Fsp3) is 0.235. The van der Waals surface area contributed by atoms with Crippen molar-refractivity contribution in [2.24, 2.45) is 0 Å². The van der Waals surface area contributed by atoms with Gasteiger partial charge >= 0.3 is 6.03 Å². The Morgan fingerprint density at radius 3 is 2.33 bits per heavy atom. The van der Waals surface area contributed by atoms with Crippen molar-refractivity contribution < 1.29 is 9.53 Å². The lowest BCUT2D eigenvalue weighted by atomic mass is 10.1. The van der Waals surface area contributed by atoms with Crippen LogP contribution in [-0.4, -0.2) is 12.6 Å². The summed E-state index contributed by atoms with van der Waals surface area (Å²) in [6, 6.07) is 13.0. The van der Waals surface area contributed by atoms with Crippen molar-refractivity contribution in [3.63, 3.8) is 0 Å². The molecule has 0 radical (unpaired) electrons. The Hall–Kier alpha value is -2.49. The van der Waals surface area contributed by atoms with Crippen LogP contribution in [0.25, 0.3) is 0 Å². The highest BCUT2D eigenvalue weighted by molar-refractivity contribution is 6.01. The molecule has 0 saturated heterocycles. The number of hydrogen-bond donors (Lipinski definition) is 2. The molecule has 4 heteroatoms. The fourth-order valence-corrected chi connectivity index (χ4v) is 2.13. The molecule has 0 spiro atoms. The van der Waals surface area contributed by atoms with Crippen molar-refractivity contribution in [2.75, 3.05) is 17.2 Å². The molecule has 0 aromatic heterocycles. The second-order valence-corrected chi connectivity index (χ2v) is 4.78. The van der Waals surface area contributed by atoms with Gasteiger partial charge in [0.2, 0.25) is 0 Å². The van der Waals surface area contributed by atoms with Gasteiger partial charge in [-0.3, -0.25) is 0 Å². The average molecular weight is 284 g/mol. The van der Waals surface area contributed by atoms with E-state index in [1.807, 2.05) is 63.2 Å². The Balaban J connectivity index is 2.12. The Kier molecular flexibility index (Phi) is 4.82. The zero-order valence-electron chi connectivity index (χ0n) is 12.6. The van der Waals surface area contributed by atoms with Crippen LogP contribution in [0.2, 0.25) is 0 Å². The Labute approximate surface area is 125 Å². The smallest absolute Gasteiger partial charge is 0.323 e. The number of ether oxygens (including phenoxy) is 1. The molecule has 0 fully saturated rings. The molecule has 2 aromatic carbocycles. The summed E-state index contributed by atoms with van der Waals surface area (Å²) in [5, 5.41) is 5.71. The summed E-state index contributed by atoms with van der Waals surface area (Å²) >= 11 is 0. The van der Waals surface area contributed by atoms with Crippen molar-refractivity contribution in [3.05, 3.63) is 53.6 Å². The van der Waals surface area contributed by atoms with Crippen LogP contribution in [0, 0.1) is 13.8 Å². The highest BCUT2D eigenvalue weighted by Crippen LogP contribution is 2.24. The van der Waals surface area contributed by atoms with Gasteiger partial charge in [-0.2, -0.15) is 0 Å². The third-order valence-corrected chi connectivity index (χ3v) is 3.15. The maximum absolute atomic E-state index is 12.2. The third-order valence-electron chi connectivity index (χ3n) is 3.15. The summed E-state index contributed by atoms with van der Waals surface area (Å²) in [7, 11) is 0. The number of carbonyl (C=O) groups is 1. The first-order valence-corrected chi connectivity index (χ1v) is 6.98. The average Bonchev–Trinajstić information content (AvgIpc) is 2.45. The first-order valence-electron chi connectivity index (χ1n) is 6.98. The van der Waals surface area contributed by atoms with Crippen LogP contribution in [0.1, 0.15) is 18.1 Å². The second-order valence-electron chi connectivity index (χ2n) is 4.78. The van der Waals surface area contributed by atoms with Gasteiger partial charge in [0.05, 0.1) is 12.3 Å². The maximum Gasteiger partial charge on any atom is 0.323 e. The number of amides is 2. The van der Waals surface area contributed by atoms with Gasteiger partial charge in [-0.15, -0.1) is 0 Å². The van der Waals surface area contributed by atoms with Crippen molar-refractivity contribution in [1.82, 2.24) is 0 Å². The first kappa shape index (κ1) is 14.9. The predicted octanol–water partition coefficient (Wildman–Crippen LogP) is 4.35. The van der Waals surface area contributed by atoms with Gasteiger partial charge in [0.15, 0.2) is 0 Å². The number of para-hydroxylation sites is 3. The molecule has 0 aliphatic rings. The minimum atomic E-state index is -0.278. The van der Waals surface area contributed by atoms with Crippen LogP contribution in [0.3, 0.4) is 0 Å². The minimum Gasteiger partial charge on any atom is -0.492 e. The van der Waals surface area contributed by atoms with E-state index in [4.69, 9.17) is 4.74 Å². The molecule has 0 saturated carbocycles. The summed E-state index contributed by atoms with van der Waals surface area (Å²) in [4.78, 5) is 12.2. The SMILES string of the molecule is CCOc1ccccc1NC(=O)Nc1c(C)cccc1C.